The Labute approximate surface area is 118 Å². The summed E-state index contributed by atoms with van der Waals surface area (Å²) in [6.45, 7) is 4.16. The normalized spacial score (nSPS) is 10.6. The summed E-state index contributed by atoms with van der Waals surface area (Å²) in [6.07, 6.45) is 1.47. The van der Waals surface area contributed by atoms with E-state index in [1.165, 1.54) is 22.3 Å². The molecule has 0 spiro atoms. The van der Waals surface area contributed by atoms with Crippen LogP contribution in [0.5, 0.6) is 0 Å². The van der Waals surface area contributed by atoms with Crippen LogP contribution in [0, 0.1) is 13.8 Å². The van der Waals surface area contributed by atoms with Crippen LogP contribution in [0.25, 0.3) is 0 Å². The summed E-state index contributed by atoms with van der Waals surface area (Å²) >= 11 is 10.9. The fourth-order valence-corrected chi connectivity index (χ4v) is 2.93. The maximum absolute atomic E-state index is 5.94. The molecule has 0 amide bonds. The predicted octanol–water partition coefficient (Wildman–Crippen LogP) is 4.66. The van der Waals surface area contributed by atoms with Gasteiger partial charge in [-0.1, -0.05) is 35.5 Å². The quantitative estimate of drug-likeness (QED) is 0.749. The van der Waals surface area contributed by atoms with Gasteiger partial charge < -0.3 is 0 Å². The number of halogens is 2. The third-order valence-corrected chi connectivity index (χ3v) is 4.96. The van der Waals surface area contributed by atoms with Gasteiger partial charge in [-0.2, -0.15) is 0 Å². The summed E-state index contributed by atoms with van der Waals surface area (Å²) in [5.74, 6) is 0. The highest BCUT2D eigenvalue weighted by atomic mass is 79.9. The Morgan fingerprint density at radius 1 is 1.24 bits per heavy atom. The van der Waals surface area contributed by atoms with Crippen molar-refractivity contribution in [2.75, 3.05) is 0 Å². The van der Waals surface area contributed by atoms with Crippen LogP contribution in [0.3, 0.4) is 0 Å². The van der Waals surface area contributed by atoms with Crippen LogP contribution in [-0.2, 0) is 0 Å². The van der Waals surface area contributed by atoms with Crippen LogP contribution in [0.1, 0.15) is 11.1 Å². The number of aryl methyl sites for hydroxylation is 2. The molecule has 0 unspecified atom stereocenters. The van der Waals surface area contributed by atoms with Crippen LogP contribution in [0.15, 0.2) is 38.9 Å². The lowest BCUT2D eigenvalue weighted by atomic mass is 10.2. The van der Waals surface area contributed by atoms with Gasteiger partial charge >= 0.3 is 0 Å². The van der Waals surface area contributed by atoms with Gasteiger partial charge in [0.2, 0.25) is 0 Å². The number of hydrogen-bond acceptors (Lipinski definition) is 3. The highest BCUT2D eigenvalue weighted by Gasteiger charge is 2.09. The second-order valence-corrected chi connectivity index (χ2v) is 5.84. The SMILES string of the molecule is Cc1ccc(C)c(Sc2ncnc(Cl)c2Br)c1. The molecule has 0 saturated heterocycles. The Morgan fingerprint density at radius 3 is 2.76 bits per heavy atom. The molecule has 2 rings (SSSR count). The third-order valence-electron chi connectivity index (χ3n) is 2.27. The van der Waals surface area contributed by atoms with Crippen LogP contribution in [0.2, 0.25) is 5.15 Å². The topological polar surface area (TPSA) is 25.8 Å². The van der Waals surface area contributed by atoms with E-state index in [1.54, 1.807) is 11.8 Å². The lowest BCUT2D eigenvalue weighted by Crippen LogP contribution is -1.88. The van der Waals surface area contributed by atoms with Crippen molar-refractivity contribution in [3.8, 4) is 0 Å². The largest absolute Gasteiger partial charge is 0.228 e. The maximum Gasteiger partial charge on any atom is 0.147 e. The molecule has 1 heterocycles. The molecule has 0 radical (unpaired) electrons. The van der Waals surface area contributed by atoms with Crippen molar-refractivity contribution >= 4 is 39.3 Å². The summed E-state index contributed by atoms with van der Waals surface area (Å²) in [5.41, 5.74) is 2.46. The molecule has 0 N–H and O–H groups in total. The minimum Gasteiger partial charge on any atom is -0.228 e. The van der Waals surface area contributed by atoms with E-state index in [-0.39, 0.29) is 0 Å². The highest BCUT2D eigenvalue weighted by molar-refractivity contribution is 9.10. The fraction of sp³-hybridized carbons (Fsp3) is 0.167. The monoisotopic (exact) mass is 328 g/mol. The summed E-state index contributed by atoms with van der Waals surface area (Å²) in [4.78, 5) is 9.32. The average molecular weight is 330 g/mol. The molecular formula is C12H10BrClN2S. The Hall–Kier alpha value is -0.580. The second-order valence-electron chi connectivity index (χ2n) is 3.65. The molecule has 0 aliphatic rings. The first-order valence-electron chi connectivity index (χ1n) is 4.99. The fourth-order valence-electron chi connectivity index (χ4n) is 1.33. The number of nitrogens with zero attached hydrogens (tertiary/aromatic N) is 2. The number of benzene rings is 1. The van der Waals surface area contributed by atoms with Gasteiger partial charge in [0.25, 0.3) is 0 Å². The van der Waals surface area contributed by atoms with E-state index in [9.17, 15) is 0 Å². The summed E-state index contributed by atoms with van der Waals surface area (Å²) < 4.78 is 0.743. The molecule has 0 atom stereocenters. The van der Waals surface area contributed by atoms with Crippen molar-refractivity contribution in [1.82, 2.24) is 9.97 Å². The molecule has 88 valence electrons. The number of aromatic nitrogens is 2. The van der Waals surface area contributed by atoms with E-state index in [1.807, 2.05) is 0 Å². The molecule has 0 fully saturated rings. The van der Waals surface area contributed by atoms with E-state index >= 15 is 0 Å². The molecule has 1 aromatic heterocycles. The zero-order valence-corrected chi connectivity index (χ0v) is 12.5. The van der Waals surface area contributed by atoms with Gasteiger partial charge in [0.15, 0.2) is 0 Å². The molecule has 2 aromatic rings. The van der Waals surface area contributed by atoms with Crippen LogP contribution in [0.4, 0.5) is 0 Å². The third kappa shape index (κ3) is 3.00. The average Bonchev–Trinajstić information content (AvgIpc) is 2.30. The van der Waals surface area contributed by atoms with E-state index in [0.29, 0.717) is 5.15 Å². The van der Waals surface area contributed by atoms with E-state index in [2.05, 4.69) is 57.9 Å². The smallest absolute Gasteiger partial charge is 0.147 e. The molecule has 2 nitrogen and oxygen atoms in total. The molecule has 5 heteroatoms. The predicted molar refractivity (Wildman–Crippen MR) is 74.8 cm³/mol. The van der Waals surface area contributed by atoms with Crippen molar-refractivity contribution in [2.24, 2.45) is 0 Å². The van der Waals surface area contributed by atoms with Crippen molar-refractivity contribution in [1.29, 1.82) is 0 Å². The molecular weight excluding hydrogens is 320 g/mol. The minimum absolute atomic E-state index is 0.438. The molecule has 0 saturated carbocycles. The van der Waals surface area contributed by atoms with Gasteiger partial charge in [-0.15, -0.1) is 0 Å². The number of rotatable bonds is 2. The first kappa shape index (κ1) is 12.9. The van der Waals surface area contributed by atoms with Crippen LogP contribution < -0.4 is 0 Å². The Kier molecular flexibility index (Phi) is 4.07. The van der Waals surface area contributed by atoms with E-state index in [4.69, 9.17) is 11.6 Å². The van der Waals surface area contributed by atoms with Gasteiger partial charge in [0.1, 0.15) is 16.5 Å². The standard InChI is InChI=1S/C12H10BrClN2S/c1-7-3-4-8(2)9(5-7)17-12-10(13)11(14)15-6-16-12/h3-6H,1-2H3. The maximum atomic E-state index is 5.94. The van der Waals surface area contributed by atoms with Crippen molar-refractivity contribution < 1.29 is 0 Å². The molecule has 1 aromatic carbocycles. The molecule has 0 aliphatic carbocycles. The molecule has 17 heavy (non-hydrogen) atoms. The first-order chi connectivity index (χ1) is 8.08. The minimum atomic E-state index is 0.438. The zero-order chi connectivity index (χ0) is 12.4. The molecule has 0 bridgehead atoms. The van der Waals surface area contributed by atoms with Crippen LogP contribution >= 0.6 is 39.3 Å². The number of hydrogen-bond donors (Lipinski definition) is 0. The Bertz CT molecular complexity index is 560. The zero-order valence-electron chi connectivity index (χ0n) is 9.37. The van der Waals surface area contributed by atoms with Crippen LogP contribution in [-0.4, -0.2) is 9.97 Å². The van der Waals surface area contributed by atoms with Gasteiger partial charge in [0, 0.05) is 4.90 Å². The Balaban J connectivity index is 2.38. The highest BCUT2D eigenvalue weighted by Crippen LogP contribution is 2.36. The van der Waals surface area contributed by atoms with Gasteiger partial charge in [-0.05, 0) is 47.0 Å². The van der Waals surface area contributed by atoms with Gasteiger partial charge in [-0.3, -0.25) is 0 Å². The van der Waals surface area contributed by atoms with Gasteiger partial charge in [0.05, 0.1) is 4.47 Å². The second kappa shape index (κ2) is 5.38. The first-order valence-corrected chi connectivity index (χ1v) is 6.98. The summed E-state index contributed by atoms with van der Waals surface area (Å²) in [6, 6.07) is 6.35. The van der Waals surface area contributed by atoms with E-state index in [0.717, 1.165) is 9.50 Å². The summed E-state index contributed by atoms with van der Waals surface area (Å²) in [7, 11) is 0. The van der Waals surface area contributed by atoms with Crippen molar-refractivity contribution in [3.05, 3.63) is 45.3 Å². The van der Waals surface area contributed by atoms with Gasteiger partial charge in [-0.25, -0.2) is 9.97 Å². The lowest BCUT2D eigenvalue weighted by Gasteiger charge is -2.07. The Morgan fingerprint density at radius 2 is 2.00 bits per heavy atom. The van der Waals surface area contributed by atoms with Crippen molar-refractivity contribution in [3.63, 3.8) is 0 Å². The van der Waals surface area contributed by atoms with E-state index < -0.39 is 0 Å². The summed E-state index contributed by atoms with van der Waals surface area (Å²) in [5, 5.41) is 1.27. The molecule has 0 aliphatic heterocycles. The lowest BCUT2D eigenvalue weighted by molar-refractivity contribution is 1.02. The van der Waals surface area contributed by atoms with Crippen molar-refractivity contribution in [2.45, 2.75) is 23.8 Å².